The molecule has 188 valence electrons. The van der Waals surface area contributed by atoms with E-state index in [-0.39, 0.29) is 11.3 Å². The molecule has 2 aliphatic rings. The fourth-order valence-corrected chi connectivity index (χ4v) is 6.10. The number of ether oxygens (including phenoxy) is 1. The number of benzene rings is 2. The number of nitriles is 1. The van der Waals surface area contributed by atoms with Crippen LogP contribution in [0.15, 0.2) is 42.5 Å². The second-order valence-electron chi connectivity index (χ2n) is 10.6. The summed E-state index contributed by atoms with van der Waals surface area (Å²) in [6.07, 6.45) is 10.8. The van der Waals surface area contributed by atoms with Crippen molar-refractivity contribution in [3.05, 3.63) is 65.0 Å². The van der Waals surface area contributed by atoms with E-state index in [1.165, 1.54) is 57.8 Å². The van der Waals surface area contributed by atoms with E-state index in [9.17, 15) is 13.2 Å². The molecule has 0 saturated heterocycles. The lowest BCUT2D eigenvalue weighted by Crippen LogP contribution is -2.25. The number of nitrogens with zero attached hydrogens (tertiary/aromatic N) is 1. The van der Waals surface area contributed by atoms with Gasteiger partial charge in [0.1, 0.15) is 17.6 Å². The van der Waals surface area contributed by atoms with Crippen molar-refractivity contribution < 1.29 is 17.9 Å². The van der Waals surface area contributed by atoms with Gasteiger partial charge in [0.25, 0.3) is 0 Å². The van der Waals surface area contributed by atoms with E-state index in [4.69, 9.17) is 10.00 Å². The summed E-state index contributed by atoms with van der Waals surface area (Å²) >= 11 is 0. The van der Waals surface area contributed by atoms with Gasteiger partial charge in [-0.3, -0.25) is 0 Å². The molecule has 0 N–H and O–H groups in total. The summed E-state index contributed by atoms with van der Waals surface area (Å²) in [5.74, 6) is 2.63. The van der Waals surface area contributed by atoms with Crippen molar-refractivity contribution in [2.24, 2.45) is 23.7 Å². The van der Waals surface area contributed by atoms with E-state index in [2.05, 4.69) is 6.92 Å². The van der Waals surface area contributed by atoms with Gasteiger partial charge in [-0.15, -0.1) is 0 Å². The van der Waals surface area contributed by atoms with Gasteiger partial charge in [-0.25, -0.2) is 4.39 Å². The maximum absolute atomic E-state index is 14.5. The maximum atomic E-state index is 14.5. The Morgan fingerprint density at radius 2 is 1.49 bits per heavy atom. The lowest BCUT2D eigenvalue weighted by Gasteiger charge is -2.37. The summed E-state index contributed by atoms with van der Waals surface area (Å²) in [7, 11) is 0. The monoisotopic (exact) mass is 483 g/mol. The Kier molecular flexibility index (Phi) is 8.42. The van der Waals surface area contributed by atoms with Crippen molar-refractivity contribution in [3.63, 3.8) is 0 Å². The second-order valence-corrected chi connectivity index (χ2v) is 10.6. The van der Waals surface area contributed by atoms with Gasteiger partial charge in [-0.2, -0.15) is 14.0 Å². The Bertz CT molecular complexity index is 997. The summed E-state index contributed by atoms with van der Waals surface area (Å²) in [5.41, 5.74) is 0.221. The number of aryl methyl sites for hydroxylation is 1. The smallest absolute Gasteiger partial charge is 0.426 e. The highest BCUT2D eigenvalue weighted by Crippen LogP contribution is 2.42. The zero-order valence-electron chi connectivity index (χ0n) is 20.6. The van der Waals surface area contributed by atoms with Gasteiger partial charge in [-0.05, 0) is 98.1 Å². The van der Waals surface area contributed by atoms with Gasteiger partial charge >= 0.3 is 6.11 Å². The molecule has 0 unspecified atom stereocenters. The topological polar surface area (TPSA) is 33.0 Å². The number of hydrogen-bond donors (Lipinski definition) is 0. The fraction of sp³-hybridized carbons (Fsp3) is 0.567. The number of hydrogen-bond acceptors (Lipinski definition) is 2. The minimum Gasteiger partial charge on any atom is -0.429 e. The quantitative estimate of drug-likeness (QED) is 0.376. The van der Waals surface area contributed by atoms with Crippen LogP contribution >= 0.6 is 0 Å². The first-order valence-electron chi connectivity index (χ1n) is 13.2. The first-order valence-corrected chi connectivity index (χ1v) is 13.2. The van der Waals surface area contributed by atoms with Crippen molar-refractivity contribution in [3.8, 4) is 11.8 Å². The van der Waals surface area contributed by atoms with Crippen LogP contribution < -0.4 is 4.74 Å². The van der Waals surface area contributed by atoms with Gasteiger partial charge in [0, 0.05) is 0 Å². The van der Waals surface area contributed by atoms with Gasteiger partial charge < -0.3 is 4.74 Å². The molecule has 0 heterocycles. The summed E-state index contributed by atoms with van der Waals surface area (Å²) in [6.45, 7) is 2.33. The van der Waals surface area contributed by atoms with Crippen LogP contribution in [0.5, 0.6) is 5.75 Å². The minimum absolute atomic E-state index is 0.0295. The number of halogens is 3. The van der Waals surface area contributed by atoms with E-state index in [0.29, 0.717) is 6.07 Å². The second kappa shape index (κ2) is 11.5. The number of alkyl halides is 2. The first-order chi connectivity index (χ1) is 16.9. The van der Waals surface area contributed by atoms with Crippen LogP contribution in [-0.4, -0.2) is 0 Å². The van der Waals surface area contributed by atoms with E-state index >= 15 is 0 Å². The zero-order chi connectivity index (χ0) is 24.8. The molecule has 2 saturated carbocycles. The molecule has 4 rings (SSSR count). The Labute approximate surface area is 207 Å². The normalized spacial score (nSPS) is 25.1. The van der Waals surface area contributed by atoms with Crippen LogP contribution in [0, 0.1) is 40.8 Å². The molecule has 2 aliphatic carbocycles. The standard InChI is InChI=1S/C30H36F3NO/c1-2-21-5-11-24(12-6-21)25-13-7-22(8-14-25)3-4-23-9-17-28(18-10-23)35-30(32,33)27-16-15-26(20-34)29(31)19-27/h9-10,15-19,21-22,24-25H,2-8,11-14H2,1H3. The molecule has 2 nitrogen and oxygen atoms in total. The predicted octanol–water partition coefficient (Wildman–Crippen LogP) is 8.78. The van der Waals surface area contributed by atoms with Crippen molar-refractivity contribution in [1.82, 2.24) is 0 Å². The van der Waals surface area contributed by atoms with Crippen molar-refractivity contribution in [2.45, 2.75) is 83.7 Å². The molecule has 2 aromatic rings. The molecule has 0 atom stereocenters. The molecule has 0 bridgehead atoms. The molecule has 35 heavy (non-hydrogen) atoms. The maximum Gasteiger partial charge on any atom is 0.426 e. The van der Waals surface area contributed by atoms with Gasteiger partial charge in [0.2, 0.25) is 0 Å². The Morgan fingerprint density at radius 3 is 2.03 bits per heavy atom. The van der Waals surface area contributed by atoms with Crippen molar-refractivity contribution in [1.29, 1.82) is 5.26 Å². The van der Waals surface area contributed by atoms with E-state index in [1.807, 2.05) is 12.1 Å². The van der Waals surface area contributed by atoms with Gasteiger partial charge in [0.15, 0.2) is 0 Å². The average Bonchev–Trinajstić information content (AvgIpc) is 2.88. The van der Waals surface area contributed by atoms with Crippen LogP contribution in [0.4, 0.5) is 13.2 Å². The third-order valence-electron chi connectivity index (χ3n) is 8.46. The van der Waals surface area contributed by atoms with Crippen LogP contribution in [0.2, 0.25) is 0 Å². The van der Waals surface area contributed by atoms with Crippen LogP contribution in [0.3, 0.4) is 0 Å². The SMILES string of the molecule is CCC1CCC(C2CCC(CCc3ccc(OC(F)(F)c4ccc(C#N)c(F)c4)cc3)CC2)CC1. The van der Waals surface area contributed by atoms with Crippen molar-refractivity contribution >= 4 is 0 Å². The fourth-order valence-electron chi connectivity index (χ4n) is 6.10. The Hall–Kier alpha value is -2.48. The molecular weight excluding hydrogens is 447 g/mol. The number of rotatable bonds is 8. The lowest BCUT2D eigenvalue weighted by atomic mass is 9.68. The molecule has 2 fully saturated rings. The van der Waals surface area contributed by atoms with E-state index in [0.717, 1.165) is 54.2 Å². The molecule has 0 aliphatic heterocycles. The molecule has 0 radical (unpaired) electrons. The largest absolute Gasteiger partial charge is 0.429 e. The lowest BCUT2D eigenvalue weighted by molar-refractivity contribution is -0.185. The highest BCUT2D eigenvalue weighted by Gasteiger charge is 2.35. The van der Waals surface area contributed by atoms with Crippen molar-refractivity contribution in [2.75, 3.05) is 0 Å². The Morgan fingerprint density at radius 1 is 0.886 bits per heavy atom. The van der Waals surface area contributed by atoms with Gasteiger partial charge in [-0.1, -0.05) is 51.2 Å². The minimum atomic E-state index is -3.69. The average molecular weight is 484 g/mol. The zero-order valence-corrected chi connectivity index (χ0v) is 20.6. The molecule has 0 aromatic heterocycles. The molecule has 0 spiro atoms. The van der Waals surface area contributed by atoms with Crippen LogP contribution in [-0.2, 0) is 12.5 Å². The molecule has 0 amide bonds. The molecular formula is C30H36F3NO. The summed E-state index contributed by atoms with van der Waals surface area (Å²) in [6, 6.07) is 11.1. The summed E-state index contributed by atoms with van der Waals surface area (Å²) in [5, 5.41) is 8.77. The molecule has 5 heteroatoms. The molecule has 2 aromatic carbocycles. The van der Waals surface area contributed by atoms with E-state index < -0.39 is 17.5 Å². The Balaban J connectivity index is 1.23. The third-order valence-corrected chi connectivity index (χ3v) is 8.46. The highest BCUT2D eigenvalue weighted by molar-refractivity contribution is 5.35. The highest BCUT2D eigenvalue weighted by atomic mass is 19.3. The summed E-state index contributed by atoms with van der Waals surface area (Å²) in [4.78, 5) is 0. The van der Waals surface area contributed by atoms with Gasteiger partial charge in [0.05, 0.1) is 11.1 Å². The predicted molar refractivity (Wildman–Crippen MR) is 132 cm³/mol. The van der Waals surface area contributed by atoms with E-state index in [1.54, 1.807) is 18.2 Å². The first kappa shape index (κ1) is 25.6. The summed E-state index contributed by atoms with van der Waals surface area (Å²) < 4.78 is 47.6. The van der Waals surface area contributed by atoms with Crippen LogP contribution in [0.25, 0.3) is 0 Å². The van der Waals surface area contributed by atoms with Crippen LogP contribution in [0.1, 0.15) is 87.8 Å². The third kappa shape index (κ3) is 6.60.